The Kier molecular flexibility index (Phi) is 4.50. The molecular weight excluding hydrogens is 254 g/mol. The third-order valence-electron chi connectivity index (χ3n) is 2.94. The van der Waals surface area contributed by atoms with E-state index in [0.717, 1.165) is 17.6 Å². The highest BCUT2D eigenvalue weighted by Gasteiger charge is 2.07. The number of benzene rings is 2. The molecule has 0 aliphatic rings. The van der Waals surface area contributed by atoms with Crippen molar-refractivity contribution in [2.45, 2.75) is 6.54 Å². The molecule has 0 bridgehead atoms. The van der Waals surface area contributed by atoms with Crippen LogP contribution in [0.4, 0.5) is 0 Å². The van der Waals surface area contributed by atoms with Crippen molar-refractivity contribution < 1.29 is 14.3 Å². The summed E-state index contributed by atoms with van der Waals surface area (Å²) in [5.74, 6) is 0.553. The standard InChI is InChI=1S/C16H15NO3/c1-20-15-5-3-2-4-14(15)10-17-16(19)13-8-6-12(11-18)7-9-13/h2-9,11H,10H2,1H3,(H,17,19). The van der Waals surface area contributed by atoms with Gasteiger partial charge < -0.3 is 10.1 Å². The second kappa shape index (κ2) is 6.52. The van der Waals surface area contributed by atoms with Gasteiger partial charge in [0.05, 0.1) is 7.11 Å². The van der Waals surface area contributed by atoms with Gasteiger partial charge in [-0.3, -0.25) is 9.59 Å². The van der Waals surface area contributed by atoms with Crippen LogP contribution in [0.3, 0.4) is 0 Å². The first-order valence-corrected chi connectivity index (χ1v) is 6.20. The fourth-order valence-electron chi connectivity index (χ4n) is 1.84. The molecule has 0 fully saturated rings. The Morgan fingerprint density at radius 2 is 1.85 bits per heavy atom. The molecule has 0 atom stereocenters. The summed E-state index contributed by atoms with van der Waals surface area (Å²) in [6.45, 7) is 0.387. The largest absolute Gasteiger partial charge is 0.496 e. The molecule has 0 aliphatic carbocycles. The quantitative estimate of drug-likeness (QED) is 0.848. The van der Waals surface area contributed by atoms with E-state index in [1.54, 1.807) is 31.4 Å². The van der Waals surface area contributed by atoms with Gasteiger partial charge in [0.15, 0.2) is 0 Å². The molecular formula is C16H15NO3. The molecule has 1 N–H and O–H groups in total. The zero-order valence-electron chi connectivity index (χ0n) is 11.1. The lowest BCUT2D eigenvalue weighted by molar-refractivity contribution is 0.0950. The van der Waals surface area contributed by atoms with Crippen LogP contribution in [-0.2, 0) is 6.54 Å². The summed E-state index contributed by atoms with van der Waals surface area (Å²) in [5.41, 5.74) is 1.98. The molecule has 2 aromatic rings. The highest BCUT2D eigenvalue weighted by atomic mass is 16.5. The van der Waals surface area contributed by atoms with Crippen molar-refractivity contribution in [2.24, 2.45) is 0 Å². The molecule has 0 radical (unpaired) electrons. The number of nitrogens with one attached hydrogen (secondary N) is 1. The van der Waals surface area contributed by atoms with Crippen molar-refractivity contribution in [3.8, 4) is 5.75 Å². The van der Waals surface area contributed by atoms with Crippen molar-refractivity contribution in [2.75, 3.05) is 7.11 Å². The summed E-state index contributed by atoms with van der Waals surface area (Å²) in [6.07, 6.45) is 0.747. The summed E-state index contributed by atoms with van der Waals surface area (Å²) in [4.78, 5) is 22.5. The van der Waals surface area contributed by atoms with Crippen LogP contribution in [0.1, 0.15) is 26.3 Å². The fraction of sp³-hybridized carbons (Fsp3) is 0.125. The van der Waals surface area contributed by atoms with Gasteiger partial charge in [0.2, 0.25) is 0 Å². The molecule has 2 aromatic carbocycles. The second-order valence-electron chi connectivity index (χ2n) is 4.23. The minimum atomic E-state index is -0.187. The molecule has 0 aromatic heterocycles. The molecule has 0 spiro atoms. The van der Waals surface area contributed by atoms with Gasteiger partial charge in [-0.15, -0.1) is 0 Å². The summed E-state index contributed by atoms with van der Waals surface area (Å²) in [6, 6.07) is 14.0. The van der Waals surface area contributed by atoms with Gasteiger partial charge in [-0.05, 0) is 18.2 Å². The summed E-state index contributed by atoms with van der Waals surface area (Å²) < 4.78 is 5.22. The number of aldehydes is 1. The minimum absolute atomic E-state index is 0.187. The zero-order valence-corrected chi connectivity index (χ0v) is 11.1. The van der Waals surface area contributed by atoms with E-state index >= 15 is 0 Å². The lowest BCUT2D eigenvalue weighted by Crippen LogP contribution is -2.23. The third kappa shape index (κ3) is 3.23. The number of para-hydroxylation sites is 1. The summed E-state index contributed by atoms with van der Waals surface area (Å²) >= 11 is 0. The van der Waals surface area contributed by atoms with Crippen molar-refractivity contribution >= 4 is 12.2 Å². The van der Waals surface area contributed by atoms with E-state index in [0.29, 0.717) is 17.7 Å². The number of rotatable bonds is 5. The first-order valence-electron chi connectivity index (χ1n) is 6.20. The number of ether oxygens (including phenoxy) is 1. The smallest absolute Gasteiger partial charge is 0.251 e. The first-order chi connectivity index (χ1) is 9.74. The number of amides is 1. The van der Waals surface area contributed by atoms with E-state index < -0.39 is 0 Å². The van der Waals surface area contributed by atoms with Crippen molar-refractivity contribution in [3.63, 3.8) is 0 Å². The Labute approximate surface area is 117 Å². The molecule has 102 valence electrons. The topological polar surface area (TPSA) is 55.4 Å². The van der Waals surface area contributed by atoms with Gasteiger partial charge in [0, 0.05) is 23.2 Å². The Morgan fingerprint density at radius 1 is 1.15 bits per heavy atom. The number of carbonyl (C=O) groups excluding carboxylic acids is 2. The minimum Gasteiger partial charge on any atom is -0.496 e. The van der Waals surface area contributed by atoms with Crippen LogP contribution < -0.4 is 10.1 Å². The van der Waals surface area contributed by atoms with Crippen LogP contribution in [0.15, 0.2) is 48.5 Å². The van der Waals surface area contributed by atoms with Gasteiger partial charge in [0.25, 0.3) is 5.91 Å². The van der Waals surface area contributed by atoms with E-state index in [4.69, 9.17) is 4.74 Å². The third-order valence-corrected chi connectivity index (χ3v) is 2.94. The highest BCUT2D eigenvalue weighted by Crippen LogP contribution is 2.16. The van der Waals surface area contributed by atoms with Gasteiger partial charge in [-0.1, -0.05) is 30.3 Å². The lowest BCUT2D eigenvalue weighted by Gasteiger charge is -2.09. The average Bonchev–Trinajstić information content (AvgIpc) is 2.53. The van der Waals surface area contributed by atoms with Crippen LogP contribution in [-0.4, -0.2) is 19.3 Å². The van der Waals surface area contributed by atoms with E-state index in [-0.39, 0.29) is 5.91 Å². The predicted molar refractivity (Wildman–Crippen MR) is 76.0 cm³/mol. The van der Waals surface area contributed by atoms with E-state index in [2.05, 4.69) is 5.32 Å². The fourth-order valence-corrected chi connectivity index (χ4v) is 1.84. The molecule has 0 aliphatic heterocycles. The molecule has 0 saturated heterocycles. The zero-order chi connectivity index (χ0) is 14.4. The van der Waals surface area contributed by atoms with Gasteiger partial charge in [0.1, 0.15) is 12.0 Å². The van der Waals surface area contributed by atoms with Crippen LogP contribution in [0.25, 0.3) is 0 Å². The van der Waals surface area contributed by atoms with Gasteiger partial charge >= 0.3 is 0 Å². The highest BCUT2D eigenvalue weighted by molar-refractivity contribution is 5.94. The van der Waals surface area contributed by atoms with Crippen LogP contribution >= 0.6 is 0 Å². The molecule has 1 amide bonds. The molecule has 0 saturated carbocycles. The number of methoxy groups -OCH3 is 1. The van der Waals surface area contributed by atoms with E-state index in [1.165, 1.54) is 0 Å². The Balaban J connectivity index is 2.02. The van der Waals surface area contributed by atoms with Crippen molar-refractivity contribution in [1.82, 2.24) is 5.32 Å². The second-order valence-corrected chi connectivity index (χ2v) is 4.23. The van der Waals surface area contributed by atoms with Crippen molar-refractivity contribution in [3.05, 3.63) is 65.2 Å². The van der Waals surface area contributed by atoms with Crippen LogP contribution in [0, 0.1) is 0 Å². The predicted octanol–water partition coefficient (Wildman–Crippen LogP) is 2.44. The average molecular weight is 269 g/mol. The number of hydrogen-bond donors (Lipinski definition) is 1. The molecule has 0 unspecified atom stereocenters. The Hall–Kier alpha value is -2.62. The van der Waals surface area contributed by atoms with Crippen molar-refractivity contribution in [1.29, 1.82) is 0 Å². The maximum Gasteiger partial charge on any atom is 0.251 e. The first kappa shape index (κ1) is 13.8. The summed E-state index contributed by atoms with van der Waals surface area (Å²) in [7, 11) is 1.60. The normalized spacial score (nSPS) is 9.85. The SMILES string of the molecule is COc1ccccc1CNC(=O)c1ccc(C=O)cc1. The molecule has 20 heavy (non-hydrogen) atoms. The van der Waals surface area contributed by atoms with Crippen LogP contribution in [0.2, 0.25) is 0 Å². The molecule has 0 heterocycles. The van der Waals surface area contributed by atoms with Crippen LogP contribution in [0.5, 0.6) is 5.75 Å². The maximum absolute atomic E-state index is 12.0. The summed E-state index contributed by atoms with van der Waals surface area (Å²) in [5, 5.41) is 2.82. The maximum atomic E-state index is 12.0. The number of carbonyl (C=O) groups is 2. The van der Waals surface area contributed by atoms with E-state index in [1.807, 2.05) is 24.3 Å². The number of hydrogen-bond acceptors (Lipinski definition) is 3. The Bertz CT molecular complexity index is 605. The molecule has 4 heteroatoms. The van der Waals surface area contributed by atoms with Gasteiger partial charge in [-0.25, -0.2) is 0 Å². The Morgan fingerprint density at radius 3 is 2.50 bits per heavy atom. The monoisotopic (exact) mass is 269 g/mol. The lowest BCUT2D eigenvalue weighted by atomic mass is 10.1. The van der Waals surface area contributed by atoms with E-state index in [9.17, 15) is 9.59 Å². The van der Waals surface area contributed by atoms with Gasteiger partial charge in [-0.2, -0.15) is 0 Å². The molecule has 4 nitrogen and oxygen atoms in total. The molecule has 2 rings (SSSR count).